The first-order chi connectivity index (χ1) is 12.6. The Balaban J connectivity index is 1.44. The number of amides is 1. The van der Waals surface area contributed by atoms with E-state index in [2.05, 4.69) is 40.5 Å². The maximum atomic E-state index is 12.4. The van der Waals surface area contributed by atoms with Gasteiger partial charge in [0.2, 0.25) is 5.91 Å². The molecule has 2 aromatic carbocycles. The van der Waals surface area contributed by atoms with Crippen molar-refractivity contribution in [1.82, 2.24) is 10.2 Å². The highest BCUT2D eigenvalue weighted by atomic mass is 16.5. The zero-order valence-electron chi connectivity index (χ0n) is 15.7. The third-order valence-electron chi connectivity index (χ3n) is 5.04. The molecule has 4 nitrogen and oxygen atoms in total. The number of carbonyl (C=O) groups is 1. The monoisotopic (exact) mass is 352 g/mol. The molecule has 1 amide bonds. The van der Waals surface area contributed by atoms with Gasteiger partial charge in [-0.2, -0.15) is 0 Å². The first kappa shape index (κ1) is 18.5. The van der Waals surface area contributed by atoms with E-state index in [1.54, 1.807) is 7.11 Å². The molecule has 3 rings (SSSR count). The normalized spacial score (nSPS) is 15.6. The standard InChI is InChI=1S/C22H28N2O2/c1-17-8-9-19(14-21(17)26-2)15-22(25)23-20-10-12-24(13-11-20)16-18-6-4-3-5-7-18/h3-9,14,20H,10-13,15-16H2,1-2H3,(H,23,25). The molecular formula is C22H28N2O2. The maximum absolute atomic E-state index is 12.4. The van der Waals surface area contributed by atoms with Crippen molar-refractivity contribution in [3.8, 4) is 5.75 Å². The van der Waals surface area contributed by atoms with Gasteiger partial charge in [-0.3, -0.25) is 9.69 Å². The summed E-state index contributed by atoms with van der Waals surface area (Å²) in [5.41, 5.74) is 3.43. The van der Waals surface area contributed by atoms with Gasteiger partial charge in [-0.25, -0.2) is 0 Å². The Labute approximate surface area is 156 Å². The molecule has 2 aromatic rings. The summed E-state index contributed by atoms with van der Waals surface area (Å²) in [7, 11) is 1.66. The minimum atomic E-state index is 0.0948. The molecule has 0 bridgehead atoms. The second-order valence-corrected chi connectivity index (χ2v) is 7.08. The van der Waals surface area contributed by atoms with Gasteiger partial charge < -0.3 is 10.1 Å². The molecule has 0 atom stereocenters. The fourth-order valence-electron chi connectivity index (χ4n) is 3.52. The average Bonchev–Trinajstić information content (AvgIpc) is 2.66. The molecule has 1 aliphatic heterocycles. The van der Waals surface area contributed by atoms with Gasteiger partial charge in [-0.1, -0.05) is 42.5 Å². The molecule has 1 heterocycles. The summed E-state index contributed by atoms with van der Waals surface area (Å²) in [6.07, 6.45) is 2.42. The number of piperidine rings is 1. The number of aryl methyl sites for hydroxylation is 1. The summed E-state index contributed by atoms with van der Waals surface area (Å²) >= 11 is 0. The summed E-state index contributed by atoms with van der Waals surface area (Å²) < 4.78 is 5.34. The van der Waals surface area contributed by atoms with E-state index in [1.165, 1.54) is 5.56 Å². The van der Waals surface area contributed by atoms with Crippen LogP contribution in [0.4, 0.5) is 0 Å². The van der Waals surface area contributed by atoms with Crippen molar-refractivity contribution in [3.05, 3.63) is 65.2 Å². The summed E-state index contributed by atoms with van der Waals surface area (Å²) in [6.45, 7) is 5.05. The first-order valence-electron chi connectivity index (χ1n) is 9.33. The minimum absolute atomic E-state index is 0.0948. The van der Waals surface area contributed by atoms with Crippen molar-refractivity contribution in [2.45, 2.75) is 38.8 Å². The lowest BCUT2D eigenvalue weighted by atomic mass is 10.0. The number of nitrogens with zero attached hydrogens (tertiary/aromatic N) is 1. The van der Waals surface area contributed by atoms with Crippen LogP contribution >= 0.6 is 0 Å². The number of hydrogen-bond donors (Lipinski definition) is 1. The van der Waals surface area contributed by atoms with Crippen LogP contribution in [0.5, 0.6) is 5.75 Å². The minimum Gasteiger partial charge on any atom is -0.496 e. The summed E-state index contributed by atoms with van der Waals surface area (Å²) in [5.74, 6) is 0.932. The predicted molar refractivity (Wildman–Crippen MR) is 104 cm³/mol. The number of likely N-dealkylation sites (tertiary alicyclic amines) is 1. The van der Waals surface area contributed by atoms with Crippen molar-refractivity contribution < 1.29 is 9.53 Å². The Kier molecular flexibility index (Phi) is 6.29. The Bertz CT molecular complexity index is 722. The molecule has 0 unspecified atom stereocenters. The number of ether oxygens (including phenoxy) is 1. The van der Waals surface area contributed by atoms with Crippen molar-refractivity contribution >= 4 is 5.91 Å². The fraction of sp³-hybridized carbons (Fsp3) is 0.409. The van der Waals surface area contributed by atoms with E-state index >= 15 is 0 Å². The zero-order valence-corrected chi connectivity index (χ0v) is 15.7. The van der Waals surface area contributed by atoms with Crippen LogP contribution in [0.1, 0.15) is 29.5 Å². The van der Waals surface area contributed by atoms with Crippen LogP contribution < -0.4 is 10.1 Å². The van der Waals surface area contributed by atoms with Gasteiger partial charge in [-0.05, 0) is 42.5 Å². The van der Waals surface area contributed by atoms with E-state index in [0.29, 0.717) is 6.42 Å². The number of carbonyl (C=O) groups excluding carboxylic acids is 1. The first-order valence-corrected chi connectivity index (χ1v) is 9.33. The summed E-state index contributed by atoms with van der Waals surface area (Å²) in [6, 6.07) is 16.8. The van der Waals surface area contributed by atoms with Crippen LogP contribution in [0.3, 0.4) is 0 Å². The van der Waals surface area contributed by atoms with Gasteiger partial charge in [0.05, 0.1) is 13.5 Å². The van der Waals surface area contributed by atoms with Gasteiger partial charge in [0.15, 0.2) is 0 Å². The summed E-state index contributed by atoms with van der Waals surface area (Å²) in [5, 5.41) is 3.20. The second kappa shape index (κ2) is 8.86. The lowest BCUT2D eigenvalue weighted by Crippen LogP contribution is -2.44. The highest BCUT2D eigenvalue weighted by Crippen LogP contribution is 2.19. The smallest absolute Gasteiger partial charge is 0.224 e. The maximum Gasteiger partial charge on any atom is 0.224 e. The Morgan fingerprint density at radius 3 is 2.54 bits per heavy atom. The van der Waals surface area contributed by atoms with Crippen molar-refractivity contribution in [3.63, 3.8) is 0 Å². The summed E-state index contributed by atoms with van der Waals surface area (Å²) in [4.78, 5) is 14.8. The van der Waals surface area contributed by atoms with Crippen LogP contribution in [0.2, 0.25) is 0 Å². The van der Waals surface area contributed by atoms with Crippen molar-refractivity contribution in [1.29, 1.82) is 0 Å². The predicted octanol–water partition coefficient (Wildman–Crippen LogP) is 3.33. The molecule has 1 saturated heterocycles. The van der Waals surface area contributed by atoms with Crippen LogP contribution in [0.25, 0.3) is 0 Å². The molecule has 0 aliphatic carbocycles. The molecule has 0 spiro atoms. The molecule has 1 fully saturated rings. The Morgan fingerprint density at radius 2 is 1.85 bits per heavy atom. The Morgan fingerprint density at radius 1 is 1.12 bits per heavy atom. The van der Waals surface area contributed by atoms with Gasteiger partial charge in [0.25, 0.3) is 0 Å². The van der Waals surface area contributed by atoms with Crippen LogP contribution in [0, 0.1) is 6.92 Å². The number of rotatable bonds is 6. The second-order valence-electron chi connectivity index (χ2n) is 7.08. The number of nitrogens with one attached hydrogen (secondary N) is 1. The van der Waals surface area contributed by atoms with Crippen LogP contribution in [-0.2, 0) is 17.8 Å². The zero-order chi connectivity index (χ0) is 18.4. The lowest BCUT2D eigenvalue weighted by Gasteiger charge is -2.32. The average molecular weight is 352 g/mol. The van der Waals surface area contributed by atoms with Crippen LogP contribution in [-0.4, -0.2) is 37.0 Å². The van der Waals surface area contributed by atoms with E-state index in [0.717, 1.165) is 49.4 Å². The van der Waals surface area contributed by atoms with Crippen molar-refractivity contribution in [2.24, 2.45) is 0 Å². The fourth-order valence-corrected chi connectivity index (χ4v) is 3.52. The molecule has 0 radical (unpaired) electrons. The third kappa shape index (κ3) is 5.09. The molecule has 26 heavy (non-hydrogen) atoms. The topological polar surface area (TPSA) is 41.6 Å². The highest BCUT2D eigenvalue weighted by molar-refractivity contribution is 5.79. The number of hydrogen-bond acceptors (Lipinski definition) is 3. The van der Waals surface area contributed by atoms with Crippen molar-refractivity contribution in [2.75, 3.05) is 20.2 Å². The van der Waals surface area contributed by atoms with E-state index in [4.69, 9.17) is 4.74 Å². The van der Waals surface area contributed by atoms with Gasteiger partial charge in [0.1, 0.15) is 5.75 Å². The van der Waals surface area contributed by atoms with E-state index in [-0.39, 0.29) is 11.9 Å². The molecule has 0 aromatic heterocycles. The van der Waals surface area contributed by atoms with E-state index in [9.17, 15) is 4.79 Å². The molecule has 1 N–H and O–H groups in total. The molecule has 1 aliphatic rings. The highest BCUT2D eigenvalue weighted by Gasteiger charge is 2.20. The third-order valence-corrected chi connectivity index (χ3v) is 5.04. The molecule has 0 saturated carbocycles. The van der Waals surface area contributed by atoms with Gasteiger partial charge >= 0.3 is 0 Å². The van der Waals surface area contributed by atoms with Gasteiger partial charge in [-0.15, -0.1) is 0 Å². The quantitative estimate of drug-likeness (QED) is 0.867. The van der Waals surface area contributed by atoms with E-state index < -0.39 is 0 Å². The number of methoxy groups -OCH3 is 1. The van der Waals surface area contributed by atoms with Crippen LogP contribution in [0.15, 0.2) is 48.5 Å². The molecular weight excluding hydrogens is 324 g/mol. The lowest BCUT2D eigenvalue weighted by molar-refractivity contribution is -0.121. The number of benzene rings is 2. The SMILES string of the molecule is COc1cc(CC(=O)NC2CCN(Cc3ccccc3)CC2)ccc1C. The largest absolute Gasteiger partial charge is 0.496 e. The molecule has 4 heteroatoms. The van der Waals surface area contributed by atoms with Gasteiger partial charge in [0, 0.05) is 25.7 Å². The Hall–Kier alpha value is -2.33. The van der Waals surface area contributed by atoms with E-state index in [1.807, 2.05) is 25.1 Å². The molecule has 138 valence electrons.